The molecule has 2 aromatic carbocycles. The standard InChI is InChI=1S/C34H33Cl2FN2O7/c1-45-24-14-17(15-25(46-2)28(24)40)27-21-12-13-22-26(30(42)38(29(22)41)19-6-4-3-5-7-19)23(21)16-33(35)31(43)39(32(44)34(27,33)36)20-10-8-18(37)9-11-20/h8-12,14-15,19,22-23,26-27,40H,3-7,13,16H2,1-2H3. The molecule has 2 saturated heterocycles. The normalized spacial score (nSPS) is 32.7. The molecule has 0 bridgehead atoms. The minimum absolute atomic E-state index is 0.0361. The van der Waals surface area contributed by atoms with Gasteiger partial charge in [-0.05, 0) is 73.6 Å². The van der Waals surface area contributed by atoms with E-state index in [4.69, 9.17) is 32.7 Å². The number of carbonyl (C=O) groups is 4. The maximum Gasteiger partial charge on any atom is 0.258 e. The molecule has 2 aromatic rings. The van der Waals surface area contributed by atoms with E-state index < -0.39 is 51.1 Å². The van der Waals surface area contributed by atoms with Gasteiger partial charge in [-0.1, -0.05) is 30.9 Å². The number of likely N-dealkylation sites (tertiary alicyclic amines) is 1. The molecule has 0 aromatic heterocycles. The zero-order chi connectivity index (χ0) is 32.7. The summed E-state index contributed by atoms with van der Waals surface area (Å²) in [6, 6.07) is 7.70. The van der Waals surface area contributed by atoms with E-state index in [0.717, 1.165) is 49.1 Å². The lowest BCUT2D eigenvalue weighted by atomic mass is 9.56. The topological polar surface area (TPSA) is 113 Å². The molecule has 7 rings (SSSR count). The monoisotopic (exact) mass is 670 g/mol. The maximum atomic E-state index is 14.5. The Morgan fingerprint density at radius 1 is 0.891 bits per heavy atom. The fourth-order valence-corrected chi connectivity index (χ4v) is 9.51. The predicted octanol–water partition coefficient (Wildman–Crippen LogP) is 5.44. The van der Waals surface area contributed by atoms with Crippen LogP contribution in [-0.4, -0.2) is 63.6 Å². The van der Waals surface area contributed by atoms with Crippen molar-refractivity contribution < 1.29 is 38.1 Å². The fraction of sp³-hybridized carbons (Fsp3) is 0.471. The summed E-state index contributed by atoms with van der Waals surface area (Å²) in [5.41, 5.74) is 1.07. The Morgan fingerprint density at radius 2 is 1.52 bits per heavy atom. The van der Waals surface area contributed by atoms with Crippen molar-refractivity contribution >= 4 is 52.5 Å². The van der Waals surface area contributed by atoms with Crippen LogP contribution in [0, 0.1) is 23.6 Å². The van der Waals surface area contributed by atoms with Crippen LogP contribution in [0.5, 0.6) is 17.2 Å². The van der Waals surface area contributed by atoms with Crippen molar-refractivity contribution in [3.63, 3.8) is 0 Å². The molecular formula is C34H33Cl2FN2O7. The van der Waals surface area contributed by atoms with Gasteiger partial charge in [-0.3, -0.25) is 24.1 Å². The van der Waals surface area contributed by atoms with Gasteiger partial charge < -0.3 is 14.6 Å². The number of allylic oxidation sites excluding steroid dienone is 2. The number of rotatable bonds is 5. The summed E-state index contributed by atoms with van der Waals surface area (Å²) in [5.74, 6) is -6.09. The summed E-state index contributed by atoms with van der Waals surface area (Å²) in [6.45, 7) is 0. The number of phenols is 1. The number of nitrogens with zero attached hydrogens (tertiary/aromatic N) is 2. The van der Waals surface area contributed by atoms with Crippen LogP contribution in [0.4, 0.5) is 10.1 Å². The molecule has 242 valence electrons. The fourth-order valence-electron chi connectivity index (χ4n) is 8.58. The minimum Gasteiger partial charge on any atom is -0.502 e. The molecule has 0 radical (unpaired) electrons. The van der Waals surface area contributed by atoms with Gasteiger partial charge >= 0.3 is 0 Å². The summed E-state index contributed by atoms with van der Waals surface area (Å²) < 4.78 is 24.7. The molecule has 1 N–H and O–H groups in total. The van der Waals surface area contributed by atoms with Gasteiger partial charge in [0.25, 0.3) is 11.8 Å². The first-order valence-electron chi connectivity index (χ1n) is 15.5. The molecule has 6 unspecified atom stereocenters. The molecule has 2 saturated carbocycles. The van der Waals surface area contributed by atoms with Gasteiger partial charge in [0.2, 0.25) is 17.6 Å². The van der Waals surface area contributed by atoms with Crippen LogP contribution in [0.3, 0.4) is 0 Å². The number of carbonyl (C=O) groups excluding carboxylic acids is 4. The van der Waals surface area contributed by atoms with Gasteiger partial charge in [0.1, 0.15) is 5.82 Å². The highest BCUT2D eigenvalue weighted by molar-refractivity contribution is 6.58. The number of alkyl halides is 2. The van der Waals surface area contributed by atoms with Crippen LogP contribution < -0.4 is 14.4 Å². The largest absolute Gasteiger partial charge is 0.502 e. The SMILES string of the molecule is COc1cc(C2C3=CCC4C(=O)N(C5CCCCC5)C(=O)C4C3CC3(Cl)C(=O)N(c4ccc(F)cc4)C(=O)C23Cl)cc(OC)c1O. The predicted molar refractivity (Wildman–Crippen MR) is 167 cm³/mol. The van der Waals surface area contributed by atoms with Gasteiger partial charge in [-0.25, -0.2) is 9.29 Å². The molecule has 9 nitrogen and oxygen atoms in total. The highest BCUT2D eigenvalue weighted by atomic mass is 35.5. The number of halogens is 3. The molecule has 2 aliphatic heterocycles. The molecule has 12 heteroatoms. The Hall–Kier alpha value is -3.63. The molecule has 3 aliphatic carbocycles. The number of anilines is 1. The molecule has 5 aliphatic rings. The zero-order valence-corrected chi connectivity index (χ0v) is 26.8. The molecule has 0 spiro atoms. The molecular weight excluding hydrogens is 638 g/mol. The highest BCUT2D eigenvalue weighted by Gasteiger charge is 2.76. The number of aromatic hydroxyl groups is 1. The van der Waals surface area contributed by atoms with Crippen molar-refractivity contribution in [1.29, 1.82) is 0 Å². The van der Waals surface area contributed by atoms with Gasteiger partial charge in [0.15, 0.2) is 21.2 Å². The minimum atomic E-state index is -2.11. The van der Waals surface area contributed by atoms with Crippen LogP contribution in [0.2, 0.25) is 0 Å². The summed E-state index contributed by atoms with van der Waals surface area (Å²) in [5, 5.41) is 10.7. The number of methoxy groups -OCH3 is 2. The summed E-state index contributed by atoms with van der Waals surface area (Å²) in [7, 11) is 2.72. The first-order valence-corrected chi connectivity index (χ1v) is 16.3. The van der Waals surface area contributed by atoms with E-state index in [-0.39, 0.29) is 53.6 Å². The van der Waals surface area contributed by atoms with Crippen molar-refractivity contribution in [1.82, 2.24) is 4.90 Å². The first kappa shape index (κ1) is 31.0. The van der Waals surface area contributed by atoms with Gasteiger partial charge in [-0.2, -0.15) is 0 Å². The molecule has 6 atom stereocenters. The number of amides is 4. The summed E-state index contributed by atoms with van der Waals surface area (Å²) >= 11 is 14.8. The van der Waals surface area contributed by atoms with Crippen molar-refractivity contribution in [3.8, 4) is 17.2 Å². The third kappa shape index (κ3) is 4.11. The number of ether oxygens (including phenoxy) is 2. The second-order valence-corrected chi connectivity index (χ2v) is 14.1. The lowest BCUT2D eigenvalue weighted by Gasteiger charge is -2.50. The highest BCUT2D eigenvalue weighted by Crippen LogP contribution is 2.66. The lowest BCUT2D eigenvalue weighted by molar-refractivity contribution is -0.143. The Balaban J connectivity index is 1.41. The van der Waals surface area contributed by atoms with Crippen molar-refractivity contribution in [2.45, 2.75) is 66.7 Å². The van der Waals surface area contributed by atoms with Crippen molar-refractivity contribution in [2.75, 3.05) is 19.1 Å². The average molecular weight is 672 g/mol. The molecule has 4 amide bonds. The molecule has 2 heterocycles. The van der Waals surface area contributed by atoms with Crippen LogP contribution in [-0.2, 0) is 19.2 Å². The quantitative estimate of drug-likeness (QED) is 0.256. The number of imide groups is 2. The van der Waals surface area contributed by atoms with Crippen LogP contribution >= 0.6 is 23.2 Å². The van der Waals surface area contributed by atoms with E-state index in [1.54, 1.807) is 0 Å². The Labute approximate surface area is 275 Å². The third-order valence-corrected chi connectivity index (χ3v) is 12.1. The molecule has 4 fully saturated rings. The van der Waals surface area contributed by atoms with Gasteiger partial charge in [0, 0.05) is 12.0 Å². The number of hydrogen-bond acceptors (Lipinski definition) is 7. The number of benzene rings is 2. The van der Waals surface area contributed by atoms with Crippen molar-refractivity contribution in [2.24, 2.45) is 17.8 Å². The van der Waals surface area contributed by atoms with Crippen molar-refractivity contribution in [3.05, 3.63) is 59.4 Å². The maximum absolute atomic E-state index is 14.5. The Bertz CT molecular complexity index is 1670. The van der Waals surface area contributed by atoms with Crippen LogP contribution in [0.15, 0.2) is 48.0 Å². The van der Waals surface area contributed by atoms with E-state index in [2.05, 4.69) is 0 Å². The smallest absolute Gasteiger partial charge is 0.258 e. The number of phenolic OH excluding ortho intramolecular Hbond substituents is 1. The van der Waals surface area contributed by atoms with E-state index in [9.17, 15) is 28.7 Å². The van der Waals surface area contributed by atoms with Gasteiger partial charge in [0.05, 0.1) is 31.7 Å². The lowest BCUT2D eigenvalue weighted by Crippen LogP contribution is -2.60. The van der Waals surface area contributed by atoms with E-state index in [1.807, 2.05) is 6.08 Å². The Morgan fingerprint density at radius 3 is 2.13 bits per heavy atom. The van der Waals surface area contributed by atoms with Gasteiger partial charge in [-0.15, -0.1) is 23.2 Å². The Kier molecular flexibility index (Phi) is 7.40. The van der Waals surface area contributed by atoms with E-state index >= 15 is 0 Å². The number of hydrogen-bond donors (Lipinski definition) is 1. The van der Waals surface area contributed by atoms with Crippen LogP contribution in [0.25, 0.3) is 0 Å². The summed E-state index contributed by atoms with van der Waals surface area (Å²) in [4.78, 5) is 55.2. The zero-order valence-electron chi connectivity index (χ0n) is 25.3. The second-order valence-electron chi connectivity index (χ2n) is 12.9. The molecule has 46 heavy (non-hydrogen) atoms. The number of fused-ring (bicyclic) bond motifs is 4. The average Bonchev–Trinajstić information content (AvgIpc) is 3.40. The first-order chi connectivity index (χ1) is 22.0. The summed E-state index contributed by atoms with van der Waals surface area (Å²) in [6.07, 6.45) is 6.37. The van der Waals surface area contributed by atoms with E-state index in [0.29, 0.717) is 11.1 Å². The third-order valence-electron chi connectivity index (χ3n) is 10.7. The van der Waals surface area contributed by atoms with Crippen LogP contribution in [0.1, 0.15) is 56.4 Å². The van der Waals surface area contributed by atoms with E-state index in [1.165, 1.54) is 43.4 Å². The second kappa shape index (κ2) is 11.0.